The lowest BCUT2D eigenvalue weighted by Crippen LogP contribution is -2.60. The molecule has 6 N–H and O–H groups in total. The minimum absolute atomic E-state index is 0.262. The van der Waals surface area contributed by atoms with E-state index in [4.69, 9.17) is 5.73 Å². The second kappa shape index (κ2) is 11.0. The van der Waals surface area contributed by atoms with Gasteiger partial charge >= 0.3 is 11.9 Å². The molecule has 1 fully saturated rings. The van der Waals surface area contributed by atoms with E-state index in [9.17, 15) is 24.6 Å². The molecule has 1 aliphatic rings. The van der Waals surface area contributed by atoms with Crippen LogP contribution in [0.4, 0.5) is 0 Å². The number of hydrogen-bond donors (Lipinski definition) is 5. The van der Waals surface area contributed by atoms with Crippen LogP contribution >= 0.6 is 0 Å². The number of carbonyl (C=O) groups is 3. The lowest BCUT2D eigenvalue weighted by molar-refractivity contribution is -0.150. The molecule has 1 unspecified atom stereocenters. The van der Waals surface area contributed by atoms with Gasteiger partial charge in [-0.15, -0.1) is 0 Å². The summed E-state index contributed by atoms with van der Waals surface area (Å²) in [7, 11) is 0. The maximum Gasteiger partial charge on any atom is 0.331 e. The third-order valence-corrected chi connectivity index (χ3v) is 5.53. The van der Waals surface area contributed by atoms with Gasteiger partial charge in [-0.05, 0) is 57.3 Å². The molecule has 3 atom stereocenters. The van der Waals surface area contributed by atoms with Crippen LogP contribution in [0.2, 0.25) is 0 Å². The van der Waals surface area contributed by atoms with Gasteiger partial charge in [-0.25, -0.2) is 4.79 Å². The molecule has 1 heterocycles. The number of hydrogen-bond acceptors (Lipinski definition) is 6. The smallest absolute Gasteiger partial charge is 0.331 e. The van der Waals surface area contributed by atoms with E-state index in [1.807, 2.05) is 6.07 Å². The van der Waals surface area contributed by atoms with Gasteiger partial charge in [0.2, 0.25) is 0 Å². The number of aliphatic carboxylic acids is 2. The molecule has 0 amide bonds. The number of Topliss-reactive ketones (excluding diaryl/α,β-unsaturated/α-hetero) is 1. The molecular formula is C21H31N3O5. The van der Waals surface area contributed by atoms with Crippen LogP contribution in [0, 0.1) is 0 Å². The molecule has 0 aromatic heterocycles. The molecule has 0 radical (unpaired) electrons. The molecule has 160 valence electrons. The molecule has 8 nitrogen and oxygen atoms in total. The van der Waals surface area contributed by atoms with Crippen LogP contribution in [-0.4, -0.2) is 59.1 Å². The fourth-order valence-corrected chi connectivity index (χ4v) is 3.88. The van der Waals surface area contributed by atoms with Gasteiger partial charge in [0.1, 0.15) is 0 Å². The molecule has 0 saturated carbocycles. The molecule has 2 rings (SSSR count). The summed E-state index contributed by atoms with van der Waals surface area (Å²) in [6, 6.07) is 8.29. The van der Waals surface area contributed by atoms with Crippen molar-refractivity contribution >= 4 is 17.7 Å². The second-order valence-corrected chi connectivity index (χ2v) is 7.49. The zero-order valence-corrected chi connectivity index (χ0v) is 16.6. The van der Waals surface area contributed by atoms with Crippen LogP contribution in [0.15, 0.2) is 30.3 Å². The Morgan fingerprint density at radius 1 is 1.14 bits per heavy atom. The number of ketones is 1. The van der Waals surface area contributed by atoms with Crippen molar-refractivity contribution in [1.29, 1.82) is 0 Å². The Labute approximate surface area is 170 Å². The Hall–Kier alpha value is -2.29. The highest BCUT2D eigenvalue weighted by molar-refractivity contribution is 6.10. The molecule has 8 heteroatoms. The predicted octanol–water partition coefficient (Wildman–Crippen LogP) is 1.11. The monoisotopic (exact) mass is 405 g/mol. The first-order valence-electron chi connectivity index (χ1n) is 10.2. The topological polar surface area (TPSA) is 142 Å². The summed E-state index contributed by atoms with van der Waals surface area (Å²) in [4.78, 5) is 36.6. The van der Waals surface area contributed by atoms with Gasteiger partial charge in [0.15, 0.2) is 11.3 Å². The van der Waals surface area contributed by atoms with Crippen LogP contribution in [0.5, 0.6) is 0 Å². The van der Waals surface area contributed by atoms with Crippen molar-refractivity contribution < 1.29 is 24.6 Å². The molecule has 1 aromatic carbocycles. The van der Waals surface area contributed by atoms with Gasteiger partial charge in [0.05, 0.1) is 12.0 Å². The minimum atomic E-state index is -1.56. The average Bonchev–Trinajstić information content (AvgIpc) is 3.21. The van der Waals surface area contributed by atoms with E-state index in [1.54, 1.807) is 24.3 Å². The number of nitrogens with one attached hydrogen (secondary N) is 2. The van der Waals surface area contributed by atoms with Gasteiger partial charge in [-0.1, -0.05) is 36.8 Å². The molecule has 1 aromatic rings. The summed E-state index contributed by atoms with van der Waals surface area (Å²) in [5.74, 6) is -3.16. The maximum atomic E-state index is 13.1. The van der Waals surface area contributed by atoms with Gasteiger partial charge in [-0.3, -0.25) is 14.9 Å². The molecule has 29 heavy (non-hydrogen) atoms. The summed E-state index contributed by atoms with van der Waals surface area (Å²) in [6.07, 6.45) is 3.08. The fraction of sp³-hybridized carbons (Fsp3) is 0.571. The van der Waals surface area contributed by atoms with E-state index < -0.39 is 29.4 Å². The summed E-state index contributed by atoms with van der Waals surface area (Å²) >= 11 is 0. The Balaban J connectivity index is 2.06. The van der Waals surface area contributed by atoms with Crippen molar-refractivity contribution in [1.82, 2.24) is 10.6 Å². The zero-order chi connectivity index (χ0) is 21.3. The van der Waals surface area contributed by atoms with E-state index in [0.29, 0.717) is 50.9 Å². The van der Waals surface area contributed by atoms with E-state index in [0.717, 1.165) is 6.42 Å². The van der Waals surface area contributed by atoms with Crippen molar-refractivity contribution in [3.63, 3.8) is 0 Å². The van der Waals surface area contributed by atoms with Crippen LogP contribution in [-0.2, 0) is 14.4 Å². The number of unbranched alkanes of at least 4 members (excludes halogenated alkanes) is 1. The third-order valence-electron chi connectivity index (χ3n) is 5.53. The van der Waals surface area contributed by atoms with Gasteiger partial charge in [0.25, 0.3) is 0 Å². The molecule has 1 aliphatic heterocycles. The van der Waals surface area contributed by atoms with Gasteiger partial charge in [-0.2, -0.15) is 0 Å². The van der Waals surface area contributed by atoms with Crippen molar-refractivity contribution in [3.05, 3.63) is 35.9 Å². The Bertz CT molecular complexity index is 689. The standard InChI is InChI=1S/C21H31N3O5/c22-12-5-4-9-17(18(25)21(20(28)29)11-6-13-24-21)23-14-10-16(19(26)27)15-7-2-1-3-8-15/h1-3,7-8,16-17,23-24H,4-6,9-14,22H2,(H,26,27)(H,28,29)/t16?,17-,21+/m0/s1. The molecule has 1 saturated heterocycles. The Morgan fingerprint density at radius 2 is 1.86 bits per heavy atom. The summed E-state index contributed by atoms with van der Waals surface area (Å²) < 4.78 is 0. The van der Waals surface area contributed by atoms with Crippen molar-refractivity contribution in [2.24, 2.45) is 5.73 Å². The Kier molecular flexibility index (Phi) is 8.75. The number of carboxylic acid groups (broad SMARTS) is 2. The lowest BCUT2D eigenvalue weighted by atomic mass is 9.85. The van der Waals surface area contributed by atoms with Gasteiger partial charge in [0, 0.05) is 0 Å². The largest absolute Gasteiger partial charge is 0.481 e. The van der Waals surface area contributed by atoms with Crippen LogP contribution in [0.3, 0.4) is 0 Å². The molecular weight excluding hydrogens is 374 g/mol. The van der Waals surface area contributed by atoms with E-state index in [1.165, 1.54) is 0 Å². The first kappa shape index (κ1) is 23.0. The number of carbonyl (C=O) groups excluding carboxylic acids is 1. The lowest BCUT2D eigenvalue weighted by Gasteiger charge is -2.29. The van der Waals surface area contributed by atoms with Crippen LogP contribution < -0.4 is 16.4 Å². The fourth-order valence-electron chi connectivity index (χ4n) is 3.88. The molecule has 0 bridgehead atoms. The van der Waals surface area contributed by atoms with E-state index >= 15 is 0 Å². The van der Waals surface area contributed by atoms with Crippen LogP contribution in [0.1, 0.15) is 50.0 Å². The predicted molar refractivity (Wildman–Crippen MR) is 109 cm³/mol. The number of rotatable bonds is 13. The van der Waals surface area contributed by atoms with E-state index in [-0.39, 0.29) is 12.2 Å². The highest BCUT2D eigenvalue weighted by Crippen LogP contribution is 2.24. The summed E-state index contributed by atoms with van der Waals surface area (Å²) in [5.41, 5.74) is 4.69. The maximum absolute atomic E-state index is 13.1. The average molecular weight is 405 g/mol. The zero-order valence-electron chi connectivity index (χ0n) is 16.6. The summed E-state index contributed by atoms with van der Waals surface area (Å²) in [6.45, 7) is 1.28. The SMILES string of the molecule is NCCCC[C@H](NCCC(C(=O)O)c1ccccc1)C(=O)[C@@]1(C(=O)O)CCCN1. The van der Waals surface area contributed by atoms with Gasteiger partial charge < -0.3 is 21.3 Å². The van der Waals surface area contributed by atoms with Crippen molar-refractivity contribution in [2.45, 2.75) is 56.0 Å². The summed E-state index contributed by atoms with van der Waals surface area (Å²) in [5, 5.41) is 25.3. The highest BCUT2D eigenvalue weighted by Gasteiger charge is 2.50. The highest BCUT2D eigenvalue weighted by atomic mass is 16.4. The second-order valence-electron chi connectivity index (χ2n) is 7.49. The number of carboxylic acids is 2. The number of benzene rings is 1. The third kappa shape index (κ3) is 5.85. The first-order valence-corrected chi connectivity index (χ1v) is 10.2. The molecule has 0 aliphatic carbocycles. The van der Waals surface area contributed by atoms with Crippen molar-refractivity contribution in [2.75, 3.05) is 19.6 Å². The van der Waals surface area contributed by atoms with E-state index in [2.05, 4.69) is 10.6 Å². The van der Waals surface area contributed by atoms with Crippen LogP contribution in [0.25, 0.3) is 0 Å². The normalized spacial score (nSPS) is 20.9. The first-order chi connectivity index (χ1) is 13.9. The Morgan fingerprint density at radius 3 is 2.41 bits per heavy atom. The minimum Gasteiger partial charge on any atom is -0.481 e. The van der Waals surface area contributed by atoms with Crippen molar-refractivity contribution in [3.8, 4) is 0 Å². The number of nitrogens with two attached hydrogens (primary N) is 1. The molecule has 0 spiro atoms. The quantitative estimate of drug-likeness (QED) is 0.243.